The summed E-state index contributed by atoms with van der Waals surface area (Å²) in [6.45, 7) is 10.8. The summed E-state index contributed by atoms with van der Waals surface area (Å²) < 4.78 is 22.0. The van der Waals surface area contributed by atoms with Gasteiger partial charge in [-0.3, -0.25) is 4.79 Å². The highest BCUT2D eigenvalue weighted by molar-refractivity contribution is 5.98. The predicted molar refractivity (Wildman–Crippen MR) is 166 cm³/mol. The van der Waals surface area contributed by atoms with Crippen molar-refractivity contribution in [3.8, 4) is 0 Å². The lowest BCUT2D eigenvalue weighted by Gasteiger charge is -2.48. The van der Waals surface area contributed by atoms with E-state index in [2.05, 4.69) is 6.58 Å². The Hall–Kier alpha value is -4.11. The fourth-order valence-electron chi connectivity index (χ4n) is 6.33. The van der Waals surface area contributed by atoms with E-state index >= 15 is 0 Å². The Morgan fingerprint density at radius 2 is 1.71 bits per heavy atom. The van der Waals surface area contributed by atoms with Crippen molar-refractivity contribution in [2.24, 2.45) is 11.8 Å². The molecule has 14 nitrogen and oxygen atoms in total. The van der Waals surface area contributed by atoms with Crippen LogP contribution < -0.4 is 0 Å². The number of aliphatic hydroxyl groups is 2. The lowest BCUT2D eigenvalue weighted by atomic mass is 9.74. The SMILES string of the molecule is C=C(CC[C@]12O[C@H](C(=O)O)[C@@](O)(C(=O)O)[C@](C(=O)O)(O1)[C@H](OC(=O)/C=C/[C@@H](C)CCCC)[C@H]2O)[C@@H](OC(C)=O)[C@H](C)Cc1ccccc1. The third-order valence-electron chi connectivity index (χ3n) is 8.83. The third kappa shape index (κ3) is 7.46. The minimum Gasteiger partial charge on any atom is -0.479 e. The quantitative estimate of drug-likeness (QED) is 0.0909. The Bertz CT molecular complexity index is 1410. The molecule has 0 radical (unpaired) electrons. The normalized spacial score (nSPS) is 29.8. The van der Waals surface area contributed by atoms with E-state index in [1.165, 1.54) is 13.0 Å². The molecule has 2 fully saturated rings. The summed E-state index contributed by atoms with van der Waals surface area (Å²) in [6.07, 6.45) is -3.95. The van der Waals surface area contributed by atoms with Crippen molar-refractivity contribution in [3.05, 3.63) is 60.2 Å². The van der Waals surface area contributed by atoms with Crippen LogP contribution in [0.1, 0.15) is 65.4 Å². The van der Waals surface area contributed by atoms with Crippen LogP contribution in [-0.4, -0.2) is 96.8 Å². The first kappa shape index (κ1) is 38.3. The number of esters is 2. The van der Waals surface area contributed by atoms with Crippen LogP contribution in [0.4, 0.5) is 0 Å². The minimum absolute atomic E-state index is 0.0996. The maximum Gasteiger partial charge on any atom is 0.344 e. The summed E-state index contributed by atoms with van der Waals surface area (Å²) in [5, 5.41) is 53.4. The van der Waals surface area contributed by atoms with Crippen LogP contribution in [0.25, 0.3) is 0 Å². The molecule has 2 heterocycles. The van der Waals surface area contributed by atoms with Gasteiger partial charge in [0, 0.05) is 25.3 Å². The van der Waals surface area contributed by atoms with Crippen LogP contribution in [0.5, 0.6) is 0 Å². The molecule has 48 heavy (non-hydrogen) atoms. The van der Waals surface area contributed by atoms with Gasteiger partial charge in [-0.05, 0) is 36.3 Å². The summed E-state index contributed by atoms with van der Waals surface area (Å²) in [5.74, 6) is -11.6. The first-order chi connectivity index (χ1) is 22.5. The van der Waals surface area contributed by atoms with Crippen LogP contribution in [0, 0.1) is 11.8 Å². The molecule has 2 aliphatic heterocycles. The molecule has 2 saturated heterocycles. The van der Waals surface area contributed by atoms with Gasteiger partial charge in [0.15, 0.2) is 6.10 Å². The molecule has 0 spiro atoms. The highest BCUT2D eigenvalue weighted by Gasteiger charge is 2.85. The number of rotatable bonds is 17. The highest BCUT2D eigenvalue weighted by atomic mass is 16.8. The van der Waals surface area contributed by atoms with E-state index < -0.39 is 77.7 Å². The number of ether oxygens (including phenoxy) is 4. The van der Waals surface area contributed by atoms with Gasteiger partial charge in [-0.15, -0.1) is 0 Å². The van der Waals surface area contributed by atoms with Gasteiger partial charge in [-0.1, -0.05) is 76.6 Å². The van der Waals surface area contributed by atoms with Gasteiger partial charge >= 0.3 is 29.8 Å². The van der Waals surface area contributed by atoms with E-state index in [0.717, 1.165) is 24.5 Å². The Labute approximate surface area is 277 Å². The number of hydrogen-bond donors (Lipinski definition) is 5. The Morgan fingerprint density at radius 3 is 2.25 bits per heavy atom. The minimum atomic E-state index is -3.89. The second kappa shape index (κ2) is 15.4. The van der Waals surface area contributed by atoms with Crippen LogP contribution in [0.3, 0.4) is 0 Å². The molecule has 1 aromatic carbocycles. The highest BCUT2D eigenvalue weighted by Crippen LogP contribution is 2.56. The van der Waals surface area contributed by atoms with Crippen molar-refractivity contribution in [3.63, 3.8) is 0 Å². The Kier molecular flexibility index (Phi) is 12.3. The van der Waals surface area contributed by atoms with Gasteiger partial charge in [0.1, 0.15) is 12.2 Å². The van der Waals surface area contributed by atoms with Crippen molar-refractivity contribution < 1.29 is 68.5 Å². The van der Waals surface area contributed by atoms with Gasteiger partial charge < -0.3 is 44.5 Å². The summed E-state index contributed by atoms with van der Waals surface area (Å²) in [5.41, 5.74) is -6.26. The van der Waals surface area contributed by atoms with E-state index in [4.69, 9.17) is 18.9 Å². The van der Waals surface area contributed by atoms with Gasteiger partial charge in [0.05, 0.1) is 0 Å². The Morgan fingerprint density at radius 1 is 1.06 bits per heavy atom. The van der Waals surface area contributed by atoms with E-state index in [9.17, 15) is 49.5 Å². The number of aliphatic hydroxyl groups excluding tert-OH is 1. The van der Waals surface area contributed by atoms with Crippen molar-refractivity contribution in [2.75, 3.05) is 0 Å². The molecule has 5 N–H and O–H groups in total. The fourth-order valence-corrected chi connectivity index (χ4v) is 6.33. The summed E-state index contributed by atoms with van der Waals surface area (Å²) in [6, 6.07) is 9.29. The third-order valence-corrected chi connectivity index (χ3v) is 8.83. The van der Waals surface area contributed by atoms with E-state index in [0.29, 0.717) is 12.8 Å². The van der Waals surface area contributed by atoms with Gasteiger partial charge in [-0.25, -0.2) is 19.2 Å². The topological polar surface area (TPSA) is 223 Å². The standard InChI is InChI=1S/C34H44O14/c1-6-7-11-19(2)14-15-24(36)46-27-26(37)32(47-28(29(38)39)33(44,30(40)41)34(27,48-32)31(42)43)17-16-20(3)25(45-22(5)35)21(4)18-23-12-9-8-10-13-23/h8-10,12-15,19,21,25-28,37,44H,3,6-7,11,16-18H2,1-2,4-5H3,(H,38,39)(H,40,41)(H,42,43)/b15-14+/t19-,21+,25+,26+,27+,28+,32-,33+,34-/m0/s1. The molecule has 9 atom stereocenters. The van der Waals surface area contributed by atoms with E-state index in [-0.39, 0.29) is 23.8 Å². The van der Waals surface area contributed by atoms with Crippen molar-refractivity contribution in [1.82, 2.24) is 0 Å². The van der Waals surface area contributed by atoms with E-state index in [1.807, 2.05) is 44.2 Å². The van der Waals surface area contributed by atoms with Crippen LogP contribution in [-0.2, 0) is 49.3 Å². The number of hydrogen-bond acceptors (Lipinski definition) is 11. The molecule has 1 aromatic rings. The second-order valence-corrected chi connectivity index (χ2v) is 12.5. The van der Waals surface area contributed by atoms with Gasteiger partial charge in [0.25, 0.3) is 0 Å². The molecular weight excluding hydrogens is 632 g/mol. The van der Waals surface area contributed by atoms with Crippen LogP contribution in [0.15, 0.2) is 54.6 Å². The number of fused-ring (bicyclic) bond motifs is 2. The van der Waals surface area contributed by atoms with Crippen molar-refractivity contribution in [2.45, 2.75) is 108 Å². The van der Waals surface area contributed by atoms with Crippen LogP contribution in [0.2, 0.25) is 0 Å². The maximum atomic E-state index is 12.9. The molecule has 2 bridgehead atoms. The predicted octanol–water partition coefficient (Wildman–Crippen LogP) is 2.64. The van der Waals surface area contributed by atoms with Crippen LogP contribution >= 0.6 is 0 Å². The maximum absolute atomic E-state index is 12.9. The Balaban J connectivity index is 2.02. The van der Waals surface area contributed by atoms with Crippen molar-refractivity contribution in [1.29, 1.82) is 0 Å². The van der Waals surface area contributed by atoms with E-state index in [1.54, 1.807) is 6.92 Å². The molecule has 264 valence electrons. The molecule has 0 aromatic heterocycles. The first-order valence-corrected chi connectivity index (χ1v) is 15.7. The molecule has 0 unspecified atom stereocenters. The van der Waals surface area contributed by atoms with Crippen molar-refractivity contribution >= 4 is 29.8 Å². The number of allylic oxidation sites excluding steroid dienone is 1. The lowest BCUT2D eigenvalue weighted by Crippen LogP contribution is -2.78. The molecule has 0 aliphatic carbocycles. The average molecular weight is 677 g/mol. The summed E-state index contributed by atoms with van der Waals surface area (Å²) in [4.78, 5) is 62.8. The zero-order valence-electron chi connectivity index (χ0n) is 27.4. The average Bonchev–Trinajstić information content (AvgIpc) is 3.24. The lowest BCUT2D eigenvalue weighted by molar-refractivity contribution is -0.374. The number of carboxylic acid groups (broad SMARTS) is 3. The zero-order chi connectivity index (χ0) is 36.0. The molecular formula is C34H44O14. The van der Waals surface area contributed by atoms with Gasteiger partial charge in [0.2, 0.25) is 23.1 Å². The molecule has 0 saturated carbocycles. The molecule has 14 heteroatoms. The van der Waals surface area contributed by atoms with Gasteiger partial charge in [-0.2, -0.15) is 0 Å². The summed E-state index contributed by atoms with van der Waals surface area (Å²) in [7, 11) is 0. The number of carbonyl (C=O) groups is 5. The number of aliphatic carboxylic acids is 3. The monoisotopic (exact) mass is 676 g/mol. The molecule has 3 rings (SSSR count). The summed E-state index contributed by atoms with van der Waals surface area (Å²) >= 11 is 0. The second-order valence-electron chi connectivity index (χ2n) is 12.5. The fraction of sp³-hybridized carbons (Fsp3) is 0.559. The number of benzene rings is 1. The molecule has 2 aliphatic rings. The zero-order valence-corrected chi connectivity index (χ0v) is 27.4. The first-order valence-electron chi connectivity index (χ1n) is 15.7. The largest absolute Gasteiger partial charge is 0.479 e. The number of carbonyl (C=O) groups excluding carboxylic acids is 2. The smallest absolute Gasteiger partial charge is 0.344 e. The molecule has 0 amide bonds. The number of unbranched alkanes of at least 4 members (excludes halogenated alkanes) is 1. The number of carboxylic acids is 3.